The first-order valence-electron chi connectivity index (χ1n) is 8.94. The zero-order valence-electron chi connectivity index (χ0n) is 15.0. The maximum Gasteiger partial charge on any atom is 0.324 e. The van der Waals surface area contributed by atoms with E-state index in [1.165, 1.54) is 0 Å². The average Bonchev–Trinajstić information content (AvgIpc) is 2.61. The van der Waals surface area contributed by atoms with Crippen molar-refractivity contribution in [1.29, 1.82) is 0 Å². The van der Waals surface area contributed by atoms with E-state index >= 15 is 0 Å². The van der Waals surface area contributed by atoms with E-state index in [1.54, 1.807) is 33.6 Å². The second kappa shape index (κ2) is 6.10. The number of piperidine rings is 1. The lowest BCUT2D eigenvalue weighted by Crippen LogP contribution is -2.49. The molecule has 2 amide bonds. The van der Waals surface area contributed by atoms with Gasteiger partial charge in [-0.2, -0.15) is 0 Å². The number of anilines is 1. The highest BCUT2D eigenvalue weighted by atomic mass is 19.2. The van der Waals surface area contributed by atoms with Crippen LogP contribution >= 0.6 is 0 Å². The molecule has 0 radical (unpaired) electrons. The predicted molar refractivity (Wildman–Crippen MR) is 92.8 cm³/mol. The normalized spacial score (nSPS) is 19.6. The molecule has 1 aliphatic heterocycles. The fourth-order valence-corrected chi connectivity index (χ4v) is 4.28. The van der Waals surface area contributed by atoms with E-state index in [2.05, 4.69) is 10.4 Å². The minimum absolute atomic E-state index is 0.0830. The fraction of sp³-hybridized carbons (Fsp3) is 0.556. The highest BCUT2D eigenvalue weighted by Crippen LogP contribution is 2.57. The lowest BCUT2D eigenvalue weighted by Gasteiger charge is -2.52. The molecule has 26 heavy (non-hydrogen) atoms. The van der Waals surface area contributed by atoms with Gasteiger partial charge in [-0.1, -0.05) is 12.1 Å². The highest BCUT2D eigenvalue weighted by molar-refractivity contribution is 5.87. The number of amides is 2. The Morgan fingerprint density at radius 2 is 1.92 bits per heavy atom. The molecular weight excluding hydrogens is 340 g/mol. The van der Waals surface area contributed by atoms with Crippen LogP contribution in [0.5, 0.6) is 0 Å². The van der Waals surface area contributed by atoms with Gasteiger partial charge in [-0.3, -0.25) is 5.32 Å². The van der Waals surface area contributed by atoms with Crippen molar-refractivity contribution < 1.29 is 13.6 Å². The molecule has 8 heteroatoms. The van der Waals surface area contributed by atoms with Crippen LogP contribution in [0.3, 0.4) is 0 Å². The highest BCUT2D eigenvalue weighted by Gasteiger charge is 2.47. The Labute approximate surface area is 150 Å². The van der Waals surface area contributed by atoms with Gasteiger partial charge in [-0.05, 0) is 48.6 Å². The Bertz CT molecular complexity index is 827. The summed E-state index contributed by atoms with van der Waals surface area (Å²) in [5.41, 5.74) is 0.650. The second-order valence-electron chi connectivity index (χ2n) is 7.60. The monoisotopic (exact) mass is 363 g/mol. The van der Waals surface area contributed by atoms with Crippen molar-refractivity contribution in [3.63, 3.8) is 0 Å². The number of aromatic nitrogens is 3. The van der Waals surface area contributed by atoms with Gasteiger partial charge in [-0.25, -0.2) is 23.1 Å². The maximum absolute atomic E-state index is 14.0. The number of nitrogens with zero attached hydrogens (tertiary/aromatic N) is 4. The van der Waals surface area contributed by atoms with Gasteiger partial charge in [0.05, 0.1) is 0 Å². The number of hydrogen-bond donors (Lipinski definition) is 1. The van der Waals surface area contributed by atoms with Crippen molar-refractivity contribution in [2.45, 2.75) is 31.6 Å². The lowest BCUT2D eigenvalue weighted by molar-refractivity contribution is 0.0278. The van der Waals surface area contributed by atoms with Gasteiger partial charge in [0.15, 0.2) is 11.6 Å². The summed E-state index contributed by atoms with van der Waals surface area (Å²) in [6, 6.07) is 4.28. The number of nitrogens with one attached hydrogen (secondary N) is 1. The van der Waals surface area contributed by atoms with Crippen molar-refractivity contribution in [1.82, 2.24) is 19.5 Å². The van der Waals surface area contributed by atoms with Crippen LogP contribution < -0.4 is 5.32 Å². The number of rotatable bonds is 2. The molecule has 2 aliphatic rings. The topological polar surface area (TPSA) is 55.1 Å². The van der Waals surface area contributed by atoms with Crippen LogP contribution in [0, 0.1) is 17.0 Å². The van der Waals surface area contributed by atoms with Crippen molar-refractivity contribution >= 4 is 12.0 Å². The molecule has 2 fully saturated rings. The molecule has 2 heterocycles. The third kappa shape index (κ3) is 2.77. The summed E-state index contributed by atoms with van der Waals surface area (Å²) in [6.07, 6.45) is 3.53. The Hall–Kier alpha value is -2.38. The van der Waals surface area contributed by atoms with Crippen molar-refractivity contribution in [3.8, 4) is 0 Å². The summed E-state index contributed by atoms with van der Waals surface area (Å²) in [5.74, 6) is -0.855. The number of halogens is 2. The third-order valence-electron chi connectivity index (χ3n) is 6.09. The van der Waals surface area contributed by atoms with Crippen LogP contribution in [0.2, 0.25) is 0 Å². The van der Waals surface area contributed by atoms with Gasteiger partial charge < -0.3 is 4.90 Å². The number of carbonyl (C=O) groups is 1. The number of benzene rings is 1. The molecule has 0 unspecified atom stereocenters. The standard InChI is InChI=1S/C18H23F2N5O/c1-23-16(22-24(23)2)21-17(26)25-8-6-18(7-9-25)10-12(11-18)13-4-3-5-14(19)15(13)20/h3-5,12H,6-11H2,1-2H3,(H,21,22,26). The largest absolute Gasteiger partial charge is 0.324 e. The van der Waals surface area contributed by atoms with E-state index in [4.69, 9.17) is 0 Å². The molecule has 1 saturated carbocycles. The molecule has 6 nitrogen and oxygen atoms in total. The second-order valence-corrected chi connectivity index (χ2v) is 7.60. The Morgan fingerprint density at radius 1 is 1.23 bits per heavy atom. The van der Waals surface area contributed by atoms with Crippen LogP contribution in [-0.2, 0) is 14.1 Å². The van der Waals surface area contributed by atoms with Gasteiger partial charge in [-0.15, -0.1) is 5.10 Å². The van der Waals surface area contributed by atoms with E-state index in [0.29, 0.717) is 24.6 Å². The first-order chi connectivity index (χ1) is 12.4. The molecule has 0 bridgehead atoms. The van der Waals surface area contributed by atoms with E-state index in [9.17, 15) is 13.6 Å². The number of carbonyl (C=O) groups excluding carboxylic acids is 1. The van der Waals surface area contributed by atoms with Gasteiger partial charge in [0.1, 0.15) is 0 Å². The predicted octanol–water partition coefficient (Wildman–Crippen LogP) is 3.23. The van der Waals surface area contributed by atoms with Crippen LogP contribution in [0.1, 0.15) is 37.2 Å². The Morgan fingerprint density at radius 3 is 2.54 bits per heavy atom. The summed E-state index contributed by atoms with van der Waals surface area (Å²) in [5, 5.41) is 6.91. The molecule has 1 saturated heterocycles. The number of urea groups is 1. The summed E-state index contributed by atoms with van der Waals surface area (Å²) in [4.78, 5) is 15.8. The lowest BCUT2D eigenvalue weighted by atomic mass is 9.56. The fourth-order valence-electron chi connectivity index (χ4n) is 4.28. The molecule has 1 spiro atoms. The van der Waals surface area contributed by atoms with E-state index < -0.39 is 11.6 Å². The minimum atomic E-state index is -0.774. The van der Waals surface area contributed by atoms with Crippen molar-refractivity contribution in [2.24, 2.45) is 19.5 Å². The van der Waals surface area contributed by atoms with Gasteiger partial charge in [0, 0.05) is 27.2 Å². The quantitative estimate of drug-likeness (QED) is 0.891. The van der Waals surface area contributed by atoms with Gasteiger partial charge in [0.2, 0.25) is 5.95 Å². The Kier molecular flexibility index (Phi) is 4.00. The first-order valence-corrected chi connectivity index (χ1v) is 8.94. The molecule has 1 aromatic heterocycles. The summed E-state index contributed by atoms with van der Waals surface area (Å²) < 4.78 is 29.1. The summed E-state index contributed by atoms with van der Waals surface area (Å²) >= 11 is 0. The first kappa shape index (κ1) is 17.1. The number of likely N-dealkylation sites (tertiary alicyclic amines) is 1. The number of aryl methyl sites for hydroxylation is 1. The van der Waals surface area contributed by atoms with E-state index in [1.807, 2.05) is 7.05 Å². The molecule has 0 atom stereocenters. The molecule has 1 aliphatic carbocycles. The molecule has 1 aromatic carbocycles. The number of hydrogen-bond acceptors (Lipinski definition) is 2. The maximum atomic E-state index is 14.0. The zero-order chi connectivity index (χ0) is 18.5. The van der Waals surface area contributed by atoms with Gasteiger partial charge in [0.25, 0.3) is 0 Å². The minimum Gasteiger partial charge on any atom is -0.324 e. The smallest absolute Gasteiger partial charge is 0.324 e. The molecular formula is C18H23F2N5O. The van der Waals surface area contributed by atoms with Crippen LogP contribution in [0.15, 0.2) is 18.2 Å². The molecule has 4 rings (SSSR count). The summed E-state index contributed by atoms with van der Waals surface area (Å²) in [6.45, 7) is 1.36. The van der Waals surface area contributed by atoms with Crippen molar-refractivity contribution in [2.75, 3.05) is 18.4 Å². The average molecular weight is 363 g/mol. The molecule has 1 N–H and O–H groups in total. The SMILES string of the molecule is Cn1nc(NC(=O)N2CCC3(CC2)CC(c2cccc(F)c2F)C3)n1C. The zero-order valence-corrected chi connectivity index (χ0v) is 15.0. The van der Waals surface area contributed by atoms with Crippen molar-refractivity contribution in [3.05, 3.63) is 35.4 Å². The van der Waals surface area contributed by atoms with Crippen LogP contribution in [0.4, 0.5) is 19.5 Å². The van der Waals surface area contributed by atoms with Gasteiger partial charge >= 0.3 is 6.03 Å². The molecule has 140 valence electrons. The third-order valence-corrected chi connectivity index (χ3v) is 6.09. The van der Waals surface area contributed by atoms with Crippen LogP contribution in [-0.4, -0.2) is 38.6 Å². The van der Waals surface area contributed by atoms with E-state index in [0.717, 1.165) is 31.7 Å². The van der Waals surface area contributed by atoms with Crippen LogP contribution in [0.25, 0.3) is 0 Å². The Balaban J connectivity index is 1.31. The van der Waals surface area contributed by atoms with E-state index in [-0.39, 0.29) is 17.4 Å². The summed E-state index contributed by atoms with van der Waals surface area (Å²) in [7, 11) is 3.63. The molecule has 2 aromatic rings.